The van der Waals surface area contributed by atoms with Crippen LogP contribution in [0.4, 0.5) is 11.4 Å². The number of nitrogens with one attached hydrogen (secondary N) is 1. The maximum atomic E-state index is 13.0. The zero-order valence-corrected chi connectivity index (χ0v) is 16.3. The molecular formula is C23H23N3O2. The number of hydrogen-bond acceptors (Lipinski definition) is 3. The Morgan fingerprint density at radius 3 is 2.29 bits per heavy atom. The van der Waals surface area contributed by atoms with E-state index in [4.69, 9.17) is 0 Å². The second kappa shape index (κ2) is 8.48. The Labute approximate surface area is 165 Å². The molecule has 0 saturated heterocycles. The number of rotatable bonds is 5. The summed E-state index contributed by atoms with van der Waals surface area (Å²) >= 11 is 0. The molecule has 142 valence electrons. The topological polar surface area (TPSA) is 62.3 Å². The average molecular weight is 373 g/mol. The number of carbonyl (C=O) groups is 2. The van der Waals surface area contributed by atoms with E-state index in [1.54, 1.807) is 11.0 Å². The third-order valence-corrected chi connectivity index (χ3v) is 4.40. The standard InChI is InChI=1S/C23H23N3O2/c1-4-26(21-10-6-8-17(3)12-21)23(28)19-13-18(14-24-15-19)22(27)25-20-9-5-7-16(2)11-20/h5-15H,4H2,1-3H3,(H,25,27). The van der Waals surface area contributed by atoms with Gasteiger partial charge in [0, 0.05) is 30.3 Å². The smallest absolute Gasteiger partial charge is 0.259 e. The molecule has 3 rings (SSSR count). The molecule has 2 amide bonds. The number of anilines is 2. The summed E-state index contributed by atoms with van der Waals surface area (Å²) in [5, 5.41) is 2.84. The summed E-state index contributed by atoms with van der Waals surface area (Å²) in [7, 11) is 0. The predicted molar refractivity (Wildman–Crippen MR) is 112 cm³/mol. The number of benzene rings is 2. The highest BCUT2D eigenvalue weighted by atomic mass is 16.2. The van der Waals surface area contributed by atoms with Crippen molar-refractivity contribution in [2.24, 2.45) is 0 Å². The molecule has 0 aliphatic carbocycles. The molecular weight excluding hydrogens is 350 g/mol. The predicted octanol–water partition coefficient (Wildman–Crippen LogP) is 4.62. The van der Waals surface area contributed by atoms with Crippen LogP contribution >= 0.6 is 0 Å². The van der Waals surface area contributed by atoms with E-state index in [9.17, 15) is 9.59 Å². The molecule has 0 unspecified atom stereocenters. The molecule has 28 heavy (non-hydrogen) atoms. The Kier molecular flexibility index (Phi) is 5.84. The summed E-state index contributed by atoms with van der Waals surface area (Å²) in [5.74, 6) is -0.489. The van der Waals surface area contributed by atoms with Gasteiger partial charge in [-0.3, -0.25) is 14.6 Å². The lowest BCUT2D eigenvalue weighted by Gasteiger charge is -2.21. The van der Waals surface area contributed by atoms with Crippen LogP contribution in [0.1, 0.15) is 38.8 Å². The van der Waals surface area contributed by atoms with Crippen LogP contribution in [0.5, 0.6) is 0 Å². The van der Waals surface area contributed by atoms with Crippen molar-refractivity contribution >= 4 is 23.2 Å². The minimum Gasteiger partial charge on any atom is -0.322 e. The monoisotopic (exact) mass is 373 g/mol. The van der Waals surface area contributed by atoms with Crippen LogP contribution in [-0.4, -0.2) is 23.3 Å². The molecule has 1 aromatic heterocycles. The number of amides is 2. The van der Waals surface area contributed by atoms with Gasteiger partial charge >= 0.3 is 0 Å². The maximum Gasteiger partial charge on any atom is 0.259 e. The first-order valence-corrected chi connectivity index (χ1v) is 9.19. The lowest BCUT2D eigenvalue weighted by Crippen LogP contribution is -2.31. The number of aryl methyl sites for hydroxylation is 2. The van der Waals surface area contributed by atoms with Crippen molar-refractivity contribution in [3.63, 3.8) is 0 Å². The summed E-state index contributed by atoms with van der Waals surface area (Å²) in [5.41, 5.74) is 4.37. The Bertz CT molecular complexity index is 1010. The molecule has 0 saturated carbocycles. The van der Waals surface area contributed by atoms with Crippen LogP contribution < -0.4 is 10.2 Å². The van der Waals surface area contributed by atoms with Crippen LogP contribution in [0, 0.1) is 13.8 Å². The number of nitrogens with zero attached hydrogens (tertiary/aromatic N) is 2. The van der Waals surface area contributed by atoms with Gasteiger partial charge in [-0.05, 0) is 62.2 Å². The summed E-state index contributed by atoms with van der Waals surface area (Å²) < 4.78 is 0. The Morgan fingerprint density at radius 2 is 1.61 bits per heavy atom. The quantitative estimate of drug-likeness (QED) is 0.710. The molecule has 0 fully saturated rings. The van der Waals surface area contributed by atoms with E-state index in [1.807, 2.05) is 69.3 Å². The fraction of sp³-hybridized carbons (Fsp3) is 0.174. The molecule has 0 bridgehead atoms. The average Bonchev–Trinajstić information content (AvgIpc) is 2.68. The van der Waals surface area contributed by atoms with Crippen molar-refractivity contribution < 1.29 is 9.59 Å². The zero-order chi connectivity index (χ0) is 20.1. The highest BCUT2D eigenvalue weighted by molar-refractivity contribution is 6.09. The fourth-order valence-corrected chi connectivity index (χ4v) is 3.00. The van der Waals surface area contributed by atoms with Gasteiger partial charge in [0.25, 0.3) is 11.8 Å². The molecule has 0 spiro atoms. The van der Waals surface area contributed by atoms with E-state index in [1.165, 1.54) is 12.4 Å². The van der Waals surface area contributed by atoms with E-state index in [-0.39, 0.29) is 11.8 Å². The normalized spacial score (nSPS) is 10.4. The van der Waals surface area contributed by atoms with Crippen LogP contribution in [0.2, 0.25) is 0 Å². The number of hydrogen-bond donors (Lipinski definition) is 1. The van der Waals surface area contributed by atoms with Crippen molar-refractivity contribution in [1.82, 2.24) is 4.98 Å². The van der Waals surface area contributed by atoms with Gasteiger partial charge in [-0.1, -0.05) is 24.3 Å². The van der Waals surface area contributed by atoms with Gasteiger partial charge < -0.3 is 10.2 Å². The second-order valence-electron chi connectivity index (χ2n) is 6.67. The van der Waals surface area contributed by atoms with Gasteiger partial charge in [-0.2, -0.15) is 0 Å². The van der Waals surface area contributed by atoms with Crippen LogP contribution in [0.3, 0.4) is 0 Å². The first-order valence-electron chi connectivity index (χ1n) is 9.19. The Hall–Kier alpha value is -3.47. The molecule has 3 aromatic rings. The van der Waals surface area contributed by atoms with Gasteiger partial charge in [-0.15, -0.1) is 0 Å². The largest absolute Gasteiger partial charge is 0.322 e. The van der Waals surface area contributed by atoms with Crippen LogP contribution in [0.15, 0.2) is 67.0 Å². The van der Waals surface area contributed by atoms with Crippen molar-refractivity contribution in [2.45, 2.75) is 20.8 Å². The van der Waals surface area contributed by atoms with E-state index < -0.39 is 0 Å². The minimum atomic E-state index is -0.300. The van der Waals surface area contributed by atoms with Gasteiger partial charge in [-0.25, -0.2) is 0 Å². The number of carbonyl (C=O) groups excluding carboxylic acids is 2. The van der Waals surface area contributed by atoms with E-state index >= 15 is 0 Å². The van der Waals surface area contributed by atoms with E-state index in [0.29, 0.717) is 23.4 Å². The molecule has 2 aromatic carbocycles. The lowest BCUT2D eigenvalue weighted by molar-refractivity contribution is 0.0988. The molecule has 1 heterocycles. The zero-order valence-electron chi connectivity index (χ0n) is 16.3. The summed E-state index contributed by atoms with van der Waals surface area (Å²) in [6.45, 7) is 6.38. The third-order valence-electron chi connectivity index (χ3n) is 4.40. The molecule has 5 heteroatoms. The molecule has 0 aliphatic rings. The van der Waals surface area contributed by atoms with Crippen molar-refractivity contribution in [3.8, 4) is 0 Å². The summed E-state index contributed by atoms with van der Waals surface area (Å²) in [4.78, 5) is 31.4. The summed E-state index contributed by atoms with van der Waals surface area (Å²) in [6, 6.07) is 16.9. The van der Waals surface area contributed by atoms with Crippen molar-refractivity contribution in [3.05, 3.63) is 89.2 Å². The number of pyridine rings is 1. The van der Waals surface area contributed by atoms with Gasteiger partial charge in [0.05, 0.1) is 11.1 Å². The Balaban J connectivity index is 1.83. The highest BCUT2D eigenvalue weighted by Crippen LogP contribution is 2.19. The lowest BCUT2D eigenvalue weighted by atomic mass is 10.1. The molecule has 0 radical (unpaired) electrons. The third kappa shape index (κ3) is 4.43. The minimum absolute atomic E-state index is 0.189. The molecule has 0 aliphatic heterocycles. The van der Waals surface area contributed by atoms with Crippen molar-refractivity contribution in [2.75, 3.05) is 16.8 Å². The fourth-order valence-electron chi connectivity index (χ4n) is 3.00. The van der Waals surface area contributed by atoms with E-state index in [0.717, 1.165) is 16.8 Å². The first-order chi connectivity index (χ1) is 13.5. The second-order valence-corrected chi connectivity index (χ2v) is 6.67. The SMILES string of the molecule is CCN(C(=O)c1cncc(C(=O)Nc2cccc(C)c2)c1)c1cccc(C)c1. The number of aromatic nitrogens is 1. The van der Waals surface area contributed by atoms with Gasteiger partial charge in [0.1, 0.15) is 0 Å². The van der Waals surface area contributed by atoms with E-state index in [2.05, 4.69) is 10.3 Å². The molecule has 5 nitrogen and oxygen atoms in total. The first kappa shape index (κ1) is 19.3. The summed E-state index contributed by atoms with van der Waals surface area (Å²) in [6.07, 6.45) is 2.95. The molecule has 1 N–H and O–H groups in total. The Morgan fingerprint density at radius 1 is 0.929 bits per heavy atom. The highest BCUT2D eigenvalue weighted by Gasteiger charge is 2.18. The van der Waals surface area contributed by atoms with Crippen LogP contribution in [-0.2, 0) is 0 Å². The molecule has 0 atom stereocenters. The maximum absolute atomic E-state index is 13.0. The van der Waals surface area contributed by atoms with Gasteiger partial charge in [0.2, 0.25) is 0 Å². The van der Waals surface area contributed by atoms with Gasteiger partial charge in [0.15, 0.2) is 0 Å². The van der Waals surface area contributed by atoms with Crippen LogP contribution in [0.25, 0.3) is 0 Å². The van der Waals surface area contributed by atoms with Crippen molar-refractivity contribution in [1.29, 1.82) is 0 Å².